The summed E-state index contributed by atoms with van der Waals surface area (Å²) in [7, 11) is 1.68. The minimum Gasteiger partial charge on any atom is -0.451 e. The third-order valence-corrected chi connectivity index (χ3v) is 5.93. The van der Waals surface area contributed by atoms with E-state index in [1.807, 2.05) is 16.8 Å². The number of hydrogen-bond donors (Lipinski definition) is 0. The normalized spacial score (nSPS) is 13.0. The highest BCUT2D eigenvalue weighted by molar-refractivity contribution is 7.07. The van der Waals surface area contributed by atoms with Crippen LogP contribution in [0, 0.1) is 5.82 Å². The van der Waals surface area contributed by atoms with Crippen molar-refractivity contribution in [1.82, 2.24) is 14.7 Å². The summed E-state index contributed by atoms with van der Waals surface area (Å²) in [5.41, 5.74) is 3.77. The molecule has 1 aromatic carbocycles. The highest BCUT2D eigenvalue weighted by atomic mass is 32.1. The number of amides is 1. The molecule has 2 aromatic heterocycles. The lowest BCUT2D eigenvalue weighted by atomic mass is 9.95. The Hall–Kier alpha value is -3.00. The van der Waals surface area contributed by atoms with Crippen molar-refractivity contribution in [2.24, 2.45) is 0 Å². The summed E-state index contributed by atoms with van der Waals surface area (Å²) in [6.07, 6.45) is 3.48. The predicted molar refractivity (Wildman–Crippen MR) is 111 cm³/mol. The van der Waals surface area contributed by atoms with Crippen LogP contribution in [-0.2, 0) is 28.9 Å². The predicted octanol–water partition coefficient (Wildman–Crippen LogP) is 3.77. The van der Waals surface area contributed by atoms with E-state index in [0.717, 1.165) is 42.5 Å². The molecule has 0 saturated carbocycles. The van der Waals surface area contributed by atoms with E-state index in [0.29, 0.717) is 12.2 Å². The van der Waals surface area contributed by atoms with E-state index in [1.165, 1.54) is 17.0 Å². The average molecular weight is 428 g/mol. The number of halogens is 1. The maximum Gasteiger partial charge on any atom is 0.359 e. The summed E-state index contributed by atoms with van der Waals surface area (Å²) in [6.45, 7) is 0.131. The van der Waals surface area contributed by atoms with Gasteiger partial charge in [-0.25, -0.2) is 13.9 Å². The number of carbonyl (C=O) groups excluding carboxylic acids is 2. The summed E-state index contributed by atoms with van der Waals surface area (Å²) in [5.74, 6) is -1.21. The van der Waals surface area contributed by atoms with E-state index in [2.05, 4.69) is 5.10 Å². The second-order valence-corrected chi connectivity index (χ2v) is 8.11. The lowest BCUT2D eigenvalue weighted by molar-refractivity contribution is -0.133. The van der Waals surface area contributed by atoms with Gasteiger partial charge >= 0.3 is 5.97 Å². The first-order valence-corrected chi connectivity index (χ1v) is 10.8. The monoisotopic (exact) mass is 427 g/mol. The molecule has 0 radical (unpaired) electrons. The molecule has 30 heavy (non-hydrogen) atoms. The van der Waals surface area contributed by atoms with Crippen molar-refractivity contribution in [3.8, 4) is 5.69 Å². The first-order valence-electron chi connectivity index (χ1n) is 9.82. The van der Waals surface area contributed by atoms with Gasteiger partial charge in [0.1, 0.15) is 5.82 Å². The van der Waals surface area contributed by atoms with Gasteiger partial charge in [-0.15, -0.1) is 0 Å². The lowest BCUT2D eigenvalue weighted by Gasteiger charge is -2.16. The van der Waals surface area contributed by atoms with Gasteiger partial charge in [0, 0.05) is 24.8 Å². The van der Waals surface area contributed by atoms with Gasteiger partial charge in [0.15, 0.2) is 12.3 Å². The average Bonchev–Trinajstić information content (AvgIpc) is 3.40. The Morgan fingerprint density at radius 2 is 1.97 bits per heavy atom. The zero-order valence-electron chi connectivity index (χ0n) is 16.6. The third kappa shape index (κ3) is 4.28. The van der Waals surface area contributed by atoms with Crippen LogP contribution in [-0.4, -0.2) is 40.2 Å². The molecule has 3 aromatic rings. The number of carbonyl (C=O) groups is 2. The molecule has 0 spiro atoms. The fraction of sp³-hybridized carbons (Fsp3) is 0.318. The number of hydrogen-bond acceptors (Lipinski definition) is 5. The molecule has 8 heteroatoms. The van der Waals surface area contributed by atoms with E-state index in [4.69, 9.17) is 4.74 Å². The Kier molecular flexibility index (Phi) is 5.94. The number of thiophene rings is 1. The second kappa shape index (κ2) is 8.79. The van der Waals surface area contributed by atoms with Gasteiger partial charge in [-0.3, -0.25) is 4.79 Å². The zero-order chi connectivity index (χ0) is 21.1. The molecule has 156 valence electrons. The number of aromatic nitrogens is 2. The van der Waals surface area contributed by atoms with Crippen LogP contribution >= 0.6 is 11.3 Å². The lowest BCUT2D eigenvalue weighted by Crippen LogP contribution is -2.30. The summed E-state index contributed by atoms with van der Waals surface area (Å²) in [5, 5.41) is 8.40. The number of fused-ring (bicyclic) bond motifs is 1. The Balaban J connectivity index is 1.48. The second-order valence-electron chi connectivity index (χ2n) is 7.33. The van der Waals surface area contributed by atoms with Crippen molar-refractivity contribution < 1.29 is 18.7 Å². The van der Waals surface area contributed by atoms with Crippen LogP contribution in [0.25, 0.3) is 5.69 Å². The molecule has 0 N–H and O–H groups in total. The molecule has 0 fully saturated rings. The van der Waals surface area contributed by atoms with E-state index in [-0.39, 0.29) is 24.0 Å². The number of likely N-dealkylation sites (N-methyl/N-ethyl adjacent to an activating group) is 1. The molecule has 1 aliphatic rings. The summed E-state index contributed by atoms with van der Waals surface area (Å²) in [4.78, 5) is 26.6. The van der Waals surface area contributed by atoms with Crippen LogP contribution in [0.1, 0.15) is 40.2 Å². The Morgan fingerprint density at radius 3 is 2.70 bits per heavy atom. The molecule has 0 bridgehead atoms. The quantitative estimate of drug-likeness (QED) is 0.562. The molecule has 0 unspecified atom stereocenters. The smallest absolute Gasteiger partial charge is 0.359 e. The minimum absolute atomic E-state index is 0.238. The van der Waals surface area contributed by atoms with E-state index >= 15 is 0 Å². The van der Waals surface area contributed by atoms with Gasteiger partial charge in [0.05, 0.1) is 5.69 Å². The van der Waals surface area contributed by atoms with Crippen LogP contribution in [0.3, 0.4) is 0 Å². The van der Waals surface area contributed by atoms with Crippen molar-refractivity contribution in [2.45, 2.75) is 32.2 Å². The molecule has 0 atom stereocenters. The Morgan fingerprint density at radius 1 is 1.20 bits per heavy atom. The third-order valence-electron chi connectivity index (χ3n) is 5.20. The van der Waals surface area contributed by atoms with Crippen LogP contribution in [0.2, 0.25) is 0 Å². The van der Waals surface area contributed by atoms with Crippen LogP contribution in [0.4, 0.5) is 4.39 Å². The van der Waals surface area contributed by atoms with Gasteiger partial charge < -0.3 is 9.64 Å². The first kappa shape index (κ1) is 20.3. The topological polar surface area (TPSA) is 64.4 Å². The molecule has 1 aliphatic carbocycles. The van der Waals surface area contributed by atoms with Crippen LogP contribution in [0.15, 0.2) is 41.1 Å². The number of esters is 1. The maximum absolute atomic E-state index is 13.3. The van der Waals surface area contributed by atoms with Gasteiger partial charge in [0.2, 0.25) is 0 Å². The van der Waals surface area contributed by atoms with Gasteiger partial charge in [-0.1, -0.05) is 0 Å². The Labute approximate surface area is 177 Å². The molecule has 0 aliphatic heterocycles. The largest absolute Gasteiger partial charge is 0.451 e. The fourth-order valence-electron chi connectivity index (χ4n) is 3.61. The number of nitrogens with zero attached hydrogens (tertiary/aromatic N) is 3. The standard InChI is InChI=1S/C22H22FN3O3S/c1-25(12-15-10-11-30-14-15)20(27)13-29-22(28)21-18-4-2-3-5-19(18)26(24-21)17-8-6-16(23)7-9-17/h6-11,14H,2-5,12-13H2,1H3. The van der Waals surface area contributed by atoms with Crippen molar-refractivity contribution in [3.63, 3.8) is 0 Å². The molecule has 1 amide bonds. The first-order chi connectivity index (χ1) is 14.5. The van der Waals surface area contributed by atoms with Crippen LogP contribution < -0.4 is 0 Å². The molecular weight excluding hydrogens is 405 g/mol. The molecular formula is C22H22FN3O3S. The van der Waals surface area contributed by atoms with Gasteiger partial charge in [-0.05, 0) is 72.3 Å². The summed E-state index contributed by atoms with van der Waals surface area (Å²) >= 11 is 1.57. The maximum atomic E-state index is 13.3. The van der Waals surface area contributed by atoms with Crippen molar-refractivity contribution in [3.05, 3.63) is 69.4 Å². The SMILES string of the molecule is CN(Cc1ccsc1)C(=O)COC(=O)c1nn(-c2ccc(F)cc2)c2c1CCCC2. The van der Waals surface area contributed by atoms with Gasteiger partial charge in [0.25, 0.3) is 5.91 Å². The molecule has 0 saturated heterocycles. The fourth-order valence-corrected chi connectivity index (χ4v) is 4.27. The summed E-state index contributed by atoms with van der Waals surface area (Å²) in [6, 6.07) is 7.96. The number of rotatable bonds is 6. The Bertz CT molecular complexity index is 1040. The summed E-state index contributed by atoms with van der Waals surface area (Å²) < 4.78 is 20.3. The number of benzene rings is 1. The minimum atomic E-state index is -0.605. The molecule has 6 nitrogen and oxygen atoms in total. The van der Waals surface area contributed by atoms with E-state index in [1.54, 1.807) is 35.2 Å². The number of ether oxygens (including phenoxy) is 1. The van der Waals surface area contributed by atoms with Gasteiger partial charge in [-0.2, -0.15) is 16.4 Å². The highest BCUT2D eigenvalue weighted by Crippen LogP contribution is 2.27. The van der Waals surface area contributed by atoms with E-state index in [9.17, 15) is 14.0 Å². The van der Waals surface area contributed by atoms with Crippen molar-refractivity contribution in [2.75, 3.05) is 13.7 Å². The molecule has 4 rings (SSSR count). The van der Waals surface area contributed by atoms with Crippen molar-refractivity contribution >= 4 is 23.2 Å². The van der Waals surface area contributed by atoms with E-state index < -0.39 is 5.97 Å². The van der Waals surface area contributed by atoms with Crippen LogP contribution in [0.5, 0.6) is 0 Å². The highest BCUT2D eigenvalue weighted by Gasteiger charge is 2.27. The van der Waals surface area contributed by atoms with Crippen molar-refractivity contribution in [1.29, 1.82) is 0 Å². The molecule has 2 heterocycles. The zero-order valence-corrected chi connectivity index (χ0v) is 17.5.